The molecule has 0 heterocycles. The molecule has 2 atom stereocenters. The minimum absolute atomic E-state index is 0.0345. The first-order valence-electron chi connectivity index (χ1n) is 5.88. The molecule has 0 aliphatic carbocycles. The zero-order valence-electron chi connectivity index (χ0n) is 10.5. The summed E-state index contributed by atoms with van der Waals surface area (Å²) < 4.78 is 10.3. The van der Waals surface area contributed by atoms with Crippen LogP contribution in [0.25, 0.3) is 0 Å². The fourth-order valence-corrected chi connectivity index (χ4v) is 1.67. The second-order valence-electron chi connectivity index (χ2n) is 3.87. The molecule has 0 saturated heterocycles. The van der Waals surface area contributed by atoms with Crippen LogP contribution in [0.1, 0.15) is 18.1 Å². The van der Waals surface area contributed by atoms with Crippen molar-refractivity contribution in [3.05, 3.63) is 29.8 Å². The molecule has 0 saturated carbocycles. The average molecular weight is 256 g/mol. The molecule has 0 amide bonds. The van der Waals surface area contributed by atoms with E-state index in [0.29, 0.717) is 17.7 Å². The molecule has 0 aliphatic rings. The Morgan fingerprint density at radius 3 is 2.28 bits per heavy atom. The van der Waals surface area contributed by atoms with Gasteiger partial charge in [-0.05, 0) is 24.1 Å². The molecular weight excluding hydrogens is 236 g/mol. The molecule has 1 aromatic rings. The molecule has 0 unspecified atom stereocenters. The van der Waals surface area contributed by atoms with Gasteiger partial charge in [0.1, 0.15) is 18.5 Å². The van der Waals surface area contributed by atoms with E-state index < -0.39 is 12.2 Å². The van der Waals surface area contributed by atoms with Crippen molar-refractivity contribution in [2.24, 2.45) is 0 Å². The first-order chi connectivity index (χ1) is 8.72. The number of rotatable bonds is 8. The summed E-state index contributed by atoms with van der Waals surface area (Å²) in [6.45, 7) is 0.174. The first kappa shape index (κ1) is 14.9. The highest BCUT2D eigenvalue weighted by Gasteiger charge is 2.19. The van der Waals surface area contributed by atoms with Gasteiger partial charge in [0.05, 0.1) is 12.7 Å². The van der Waals surface area contributed by atoms with Crippen molar-refractivity contribution in [1.29, 1.82) is 0 Å². The summed E-state index contributed by atoms with van der Waals surface area (Å²) in [6.07, 6.45) is -0.839. The lowest BCUT2D eigenvalue weighted by molar-refractivity contribution is -0.0253. The summed E-state index contributed by atoms with van der Waals surface area (Å²) in [5.74, 6) is 0.635. The monoisotopic (exact) mass is 256 g/mol. The second-order valence-corrected chi connectivity index (χ2v) is 3.87. The standard InChI is InChI=1S/C13H20O5/c1-17-12(6-7-14)13(16)10-2-4-11(5-3-10)18-9-8-15/h2-5,12-16H,6-9H2,1H3/t12-,13-/m1/s1. The van der Waals surface area contributed by atoms with Gasteiger partial charge in [-0.1, -0.05) is 12.1 Å². The second kappa shape index (κ2) is 8.05. The number of aliphatic hydroxyl groups excluding tert-OH is 3. The minimum Gasteiger partial charge on any atom is -0.491 e. The fraction of sp³-hybridized carbons (Fsp3) is 0.538. The van der Waals surface area contributed by atoms with Crippen molar-refractivity contribution in [3.8, 4) is 5.75 Å². The van der Waals surface area contributed by atoms with Crippen molar-refractivity contribution >= 4 is 0 Å². The van der Waals surface area contributed by atoms with E-state index in [1.807, 2.05) is 0 Å². The van der Waals surface area contributed by atoms with Crippen molar-refractivity contribution in [2.45, 2.75) is 18.6 Å². The summed E-state index contributed by atoms with van der Waals surface area (Å²) in [5, 5.41) is 27.6. The predicted octanol–water partition coefficient (Wildman–Crippen LogP) is 0.488. The summed E-state index contributed by atoms with van der Waals surface area (Å²) in [7, 11) is 1.50. The minimum atomic E-state index is -0.783. The van der Waals surface area contributed by atoms with Crippen LogP contribution in [0, 0.1) is 0 Å². The molecule has 0 spiro atoms. The molecular formula is C13H20O5. The fourth-order valence-electron chi connectivity index (χ4n) is 1.67. The molecule has 0 bridgehead atoms. The van der Waals surface area contributed by atoms with Gasteiger partial charge in [0.25, 0.3) is 0 Å². The molecule has 102 valence electrons. The van der Waals surface area contributed by atoms with Crippen LogP contribution in [0.4, 0.5) is 0 Å². The van der Waals surface area contributed by atoms with E-state index in [0.717, 1.165) is 0 Å². The van der Waals surface area contributed by atoms with Crippen LogP contribution in [0.15, 0.2) is 24.3 Å². The van der Waals surface area contributed by atoms with Gasteiger partial charge in [0, 0.05) is 13.7 Å². The maximum atomic E-state index is 10.1. The highest BCUT2D eigenvalue weighted by molar-refractivity contribution is 5.29. The van der Waals surface area contributed by atoms with Crippen LogP contribution in [0.3, 0.4) is 0 Å². The lowest BCUT2D eigenvalue weighted by Gasteiger charge is -2.21. The van der Waals surface area contributed by atoms with Gasteiger partial charge in [0.15, 0.2) is 0 Å². The Hall–Kier alpha value is -1.14. The smallest absolute Gasteiger partial charge is 0.119 e. The molecule has 5 heteroatoms. The van der Waals surface area contributed by atoms with E-state index >= 15 is 0 Å². The first-order valence-corrected chi connectivity index (χ1v) is 5.88. The number of methoxy groups -OCH3 is 1. The van der Waals surface area contributed by atoms with Crippen molar-refractivity contribution in [2.75, 3.05) is 26.9 Å². The van der Waals surface area contributed by atoms with Crippen molar-refractivity contribution in [3.63, 3.8) is 0 Å². The molecule has 0 aliphatic heterocycles. The van der Waals surface area contributed by atoms with Crippen molar-refractivity contribution < 1.29 is 24.8 Å². The molecule has 1 rings (SSSR count). The Morgan fingerprint density at radius 2 is 1.78 bits per heavy atom. The van der Waals surface area contributed by atoms with E-state index in [1.54, 1.807) is 24.3 Å². The number of hydrogen-bond acceptors (Lipinski definition) is 5. The summed E-state index contributed by atoms with van der Waals surface area (Å²) >= 11 is 0. The van der Waals surface area contributed by atoms with Gasteiger partial charge < -0.3 is 24.8 Å². The zero-order valence-corrected chi connectivity index (χ0v) is 10.5. The van der Waals surface area contributed by atoms with Gasteiger partial charge in [-0.3, -0.25) is 0 Å². The van der Waals surface area contributed by atoms with Crippen molar-refractivity contribution in [1.82, 2.24) is 0 Å². The van der Waals surface area contributed by atoms with Gasteiger partial charge >= 0.3 is 0 Å². The Bertz CT molecular complexity index is 325. The number of ether oxygens (including phenoxy) is 2. The van der Waals surface area contributed by atoms with Crippen LogP contribution in [-0.2, 0) is 4.74 Å². The van der Waals surface area contributed by atoms with Crippen LogP contribution in [-0.4, -0.2) is 48.4 Å². The summed E-state index contributed by atoms with van der Waals surface area (Å²) in [5.41, 5.74) is 0.701. The lowest BCUT2D eigenvalue weighted by atomic mass is 10.0. The largest absolute Gasteiger partial charge is 0.491 e. The molecule has 3 N–H and O–H groups in total. The van der Waals surface area contributed by atoms with Crippen LogP contribution >= 0.6 is 0 Å². The predicted molar refractivity (Wildman–Crippen MR) is 66.5 cm³/mol. The number of aliphatic hydroxyl groups is 3. The number of benzene rings is 1. The zero-order chi connectivity index (χ0) is 13.4. The molecule has 5 nitrogen and oxygen atoms in total. The van der Waals surface area contributed by atoms with Gasteiger partial charge in [-0.15, -0.1) is 0 Å². The van der Waals surface area contributed by atoms with Crippen LogP contribution < -0.4 is 4.74 Å². The quantitative estimate of drug-likeness (QED) is 0.631. The summed E-state index contributed by atoms with van der Waals surface area (Å²) in [4.78, 5) is 0. The third-order valence-corrected chi connectivity index (χ3v) is 2.65. The van der Waals surface area contributed by atoms with E-state index in [4.69, 9.17) is 19.7 Å². The van der Waals surface area contributed by atoms with Crippen LogP contribution in [0.5, 0.6) is 5.75 Å². The molecule has 1 aromatic carbocycles. The normalized spacial score (nSPS) is 14.2. The van der Waals surface area contributed by atoms with E-state index in [9.17, 15) is 5.11 Å². The highest BCUT2D eigenvalue weighted by atomic mass is 16.5. The van der Waals surface area contributed by atoms with E-state index in [1.165, 1.54) is 7.11 Å². The maximum absolute atomic E-state index is 10.1. The van der Waals surface area contributed by atoms with Gasteiger partial charge in [0.2, 0.25) is 0 Å². The average Bonchev–Trinajstić information content (AvgIpc) is 2.42. The maximum Gasteiger partial charge on any atom is 0.119 e. The Labute approximate surface area is 107 Å². The molecule has 0 fully saturated rings. The third kappa shape index (κ3) is 4.27. The Balaban J connectivity index is 2.65. The van der Waals surface area contributed by atoms with Gasteiger partial charge in [-0.25, -0.2) is 0 Å². The molecule has 0 aromatic heterocycles. The topological polar surface area (TPSA) is 79.2 Å². The number of hydrogen-bond donors (Lipinski definition) is 3. The lowest BCUT2D eigenvalue weighted by Crippen LogP contribution is -2.22. The Kier molecular flexibility index (Phi) is 6.67. The summed E-state index contributed by atoms with van der Waals surface area (Å²) in [6, 6.07) is 6.92. The molecule has 18 heavy (non-hydrogen) atoms. The van der Waals surface area contributed by atoms with Crippen LogP contribution in [0.2, 0.25) is 0 Å². The highest BCUT2D eigenvalue weighted by Crippen LogP contribution is 2.23. The van der Waals surface area contributed by atoms with E-state index in [-0.39, 0.29) is 19.8 Å². The third-order valence-electron chi connectivity index (χ3n) is 2.65. The van der Waals surface area contributed by atoms with Gasteiger partial charge in [-0.2, -0.15) is 0 Å². The van der Waals surface area contributed by atoms with E-state index in [2.05, 4.69) is 0 Å². The SMILES string of the molecule is CO[C@H](CCO)[C@H](O)c1ccc(OCCO)cc1. The Morgan fingerprint density at radius 1 is 1.11 bits per heavy atom. The molecule has 0 radical (unpaired) electrons.